The van der Waals surface area contributed by atoms with E-state index < -0.39 is 11.7 Å². The standard InChI is InChI=1S/C17H28N4O4/c1-12(2)16-18-6-9-20(16)7-4-15(24)21-8-5-17(25,14(23)10-21)11-19-13(3)22/h6,9,12,14,23,25H,4-5,7-8,10-11H2,1-3H3,(H,19,22)/t14-,17-/m1/s1. The topological polar surface area (TPSA) is 108 Å². The van der Waals surface area contributed by atoms with Crippen LogP contribution in [-0.2, 0) is 16.1 Å². The largest absolute Gasteiger partial charge is 0.388 e. The van der Waals surface area contributed by atoms with Crippen molar-refractivity contribution in [2.45, 2.75) is 57.8 Å². The molecule has 3 N–H and O–H groups in total. The van der Waals surface area contributed by atoms with Crippen molar-refractivity contribution in [3.8, 4) is 0 Å². The second-order valence-corrected chi connectivity index (χ2v) is 7.00. The Morgan fingerprint density at radius 3 is 2.80 bits per heavy atom. The fourth-order valence-electron chi connectivity index (χ4n) is 3.06. The second-order valence-electron chi connectivity index (χ2n) is 7.00. The molecule has 0 saturated carbocycles. The highest BCUT2D eigenvalue weighted by atomic mass is 16.3. The lowest BCUT2D eigenvalue weighted by molar-refractivity contribution is -0.150. The minimum atomic E-state index is -1.39. The number of aliphatic hydroxyl groups excluding tert-OH is 1. The zero-order chi connectivity index (χ0) is 18.6. The van der Waals surface area contributed by atoms with Gasteiger partial charge in [-0.3, -0.25) is 9.59 Å². The maximum Gasteiger partial charge on any atom is 0.224 e. The summed E-state index contributed by atoms with van der Waals surface area (Å²) in [4.78, 5) is 29.3. The van der Waals surface area contributed by atoms with Crippen molar-refractivity contribution >= 4 is 11.8 Å². The molecule has 1 aliphatic rings. The van der Waals surface area contributed by atoms with Crippen LogP contribution < -0.4 is 5.32 Å². The van der Waals surface area contributed by atoms with E-state index in [-0.39, 0.29) is 37.2 Å². The predicted molar refractivity (Wildman–Crippen MR) is 91.8 cm³/mol. The van der Waals surface area contributed by atoms with Crippen molar-refractivity contribution in [2.75, 3.05) is 19.6 Å². The lowest BCUT2D eigenvalue weighted by Gasteiger charge is -2.42. The first kappa shape index (κ1) is 19.4. The number of hydrogen-bond donors (Lipinski definition) is 3. The zero-order valence-electron chi connectivity index (χ0n) is 15.1. The van der Waals surface area contributed by atoms with Gasteiger partial charge >= 0.3 is 0 Å². The number of amides is 2. The van der Waals surface area contributed by atoms with Crippen molar-refractivity contribution < 1.29 is 19.8 Å². The summed E-state index contributed by atoms with van der Waals surface area (Å²) in [6, 6.07) is 0. The SMILES string of the molecule is CC(=O)NC[C@]1(O)CCN(C(=O)CCn2ccnc2C(C)C)C[C@H]1O. The van der Waals surface area contributed by atoms with Gasteiger partial charge in [0.05, 0.1) is 0 Å². The van der Waals surface area contributed by atoms with Crippen LogP contribution in [0.25, 0.3) is 0 Å². The number of carbonyl (C=O) groups is 2. The number of aromatic nitrogens is 2. The summed E-state index contributed by atoms with van der Waals surface area (Å²) in [5.74, 6) is 0.895. The van der Waals surface area contributed by atoms with Crippen LogP contribution in [0, 0.1) is 0 Å². The van der Waals surface area contributed by atoms with E-state index in [2.05, 4.69) is 24.1 Å². The minimum absolute atomic E-state index is 0.0156. The number of rotatable bonds is 6. The van der Waals surface area contributed by atoms with Crippen LogP contribution in [0.15, 0.2) is 12.4 Å². The maximum atomic E-state index is 12.4. The van der Waals surface area contributed by atoms with Gasteiger partial charge in [0.25, 0.3) is 0 Å². The quantitative estimate of drug-likeness (QED) is 0.660. The minimum Gasteiger partial charge on any atom is -0.388 e. The van der Waals surface area contributed by atoms with E-state index in [0.717, 1.165) is 5.82 Å². The van der Waals surface area contributed by atoms with E-state index in [1.54, 1.807) is 11.1 Å². The molecule has 2 atom stereocenters. The summed E-state index contributed by atoms with van der Waals surface area (Å²) < 4.78 is 1.97. The molecular formula is C17H28N4O4. The Labute approximate surface area is 147 Å². The second kappa shape index (κ2) is 7.97. The van der Waals surface area contributed by atoms with Gasteiger partial charge in [-0.2, -0.15) is 0 Å². The van der Waals surface area contributed by atoms with E-state index in [4.69, 9.17) is 0 Å². The summed E-state index contributed by atoms with van der Waals surface area (Å²) in [5.41, 5.74) is -1.39. The predicted octanol–water partition coefficient (Wildman–Crippen LogP) is -0.143. The third-order valence-electron chi connectivity index (χ3n) is 4.66. The van der Waals surface area contributed by atoms with Gasteiger partial charge in [-0.05, 0) is 6.42 Å². The lowest BCUT2D eigenvalue weighted by atomic mass is 9.88. The normalized spacial score (nSPS) is 23.8. The molecular weight excluding hydrogens is 324 g/mol. The third-order valence-corrected chi connectivity index (χ3v) is 4.66. The molecule has 0 spiro atoms. The molecule has 8 heteroatoms. The van der Waals surface area contributed by atoms with Crippen molar-refractivity contribution in [3.05, 3.63) is 18.2 Å². The summed E-state index contributed by atoms with van der Waals surface area (Å²) >= 11 is 0. The van der Waals surface area contributed by atoms with Gasteiger partial charge in [0.1, 0.15) is 17.5 Å². The molecule has 0 aliphatic carbocycles. The summed E-state index contributed by atoms with van der Waals surface area (Å²) in [7, 11) is 0. The highest BCUT2D eigenvalue weighted by Gasteiger charge is 2.41. The number of β-amino-alcohol motifs (C(OH)–C–C–N with tert-alkyl or cyclic N) is 1. The Kier molecular flexibility index (Phi) is 6.18. The van der Waals surface area contributed by atoms with Crippen molar-refractivity contribution in [1.82, 2.24) is 19.8 Å². The molecule has 1 aromatic heterocycles. The Bertz CT molecular complexity index is 616. The summed E-state index contributed by atoms with van der Waals surface area (Å²) in [5, 5.41) is 23.2. The van der Waals surface area contributed by atoms with Crippen LogP contribution in [0.4, 0.5) is 0 Å². The highest BCUT2D eigenvalue weighted by molar-refractivity contribution is 5.76. The number of piperidine rings is 1. The molecule has 140 valence electrons. The fraction of sp³-hybridized carbons (Fsp3) is 0.706. The zero-order valence-corrected chi connectivity index (χ0v) is 15.1. The number of nitrogens with zero attached hydrogens (tertiary/aromatic N) is 3. The molecule has 0 aromatic carbocycles. The number of nitrogens with one attached hydrogen (secondary N) is 1. The van der Waals surface area contributed by atoms with Gasteiger partial charge in [0.2, 0.25) is 11.8 Å². The first-order valence-electron chi connectivity index (χ1n) is 8.66. The van der Waals surface area contributed by atoms with Crippen LogP contribution in [0.3, 0.4) is 0 Å². The molecule has 1 saturated heterocycles. The Morgan fingerprint density at radius 2 is 2.20 bits per heavy atom. The van der Waals surface area contributed by atoms with Gasteiger partial charge in [0, 0.05) is 57.8 Å². The van der Waals surface area contributed by atoms with Gasteiger partial charge < -0.3 is 25.0 Å². The van der Waals surface area contributed by atoms with Crippen LogP contribution >= 0.6 is 0 Å². The number of aryl methyl sites for hydroxylation is 1. The molecule has 8 nitrogen and oxygen atoms in total. The number of carbonyl (C=O) groups excluding carboxylic acids is 2. The number of aliphatic hydroxyl groups is 2. The molecule has 2 heterocycles. The van der Waals surface area contributed by atoms with Crippen molar-refractivity contribution in [2.24, 2.45) is 0 Å². The number of imidazole rings is 1. The molecule has 0 radical (unpaired) electrons. The van der Waals surface area contributed by atoms with Crippen LogP contribution in [-0.4, -0.2) is 67.8 Å². The maximum absolute atomic E-state index is 12.4. The van der Waals surface area contributed by atoms with Gasteiger partial charge in [-0.1, -0.05) is 13.8 Å². The monoisotopic (exact) mass is 352 g/mol. The average Bonchev–Trinajstić information content (AvgIpc) is 3.02. The molecule has 2 amide bonds. The molecule has 2 rings (SSSR count). The van der Waals surface area contributed by atoms with Crippen LogP contribution in [0.2, 0.25) is 0 Å². The van der Waals surface area contributed by atoms with E-state index >= 15 is 0 Å². The van der Waals surface area contributed by atoms with Crippen LogP contribution in [0.1, 0.15) is 45.4 Å². The molecule has 0 bridgehead atoms. The smallest absolute Gasteiger partial charge is 0.224 e. The number of likely N-dealkylation sites (tertiary alicyclic amines) is 1. The molecule has 1 aromatic rings. The molecule has 1 fully saturated rings. The first-order valence-corrected chi connectivity index (χ1v) is 8.66. The van der Waals surface area contributed by atoms with Crippen molar-refractivity contribution in [1.29, 1.82) is 0 Å². The van der Waals surface area contributed by atoms with E-state index in [1.165, 1.54) is 6.92 Å². The first-order chi connectivity index (χ1) is 11.7. The van der Waals surface area contributed by atoms with Crippen LogP contribution in [0.5, 0.6) is 0 Å². The third kappa shape index (κ3) is 4.79. The fourth-order valence-corrected chi connectivity index (χ4v) is 3.06. The Morgan fingerprint density at radius 1 is 1.48 bits per heavy atom. The van der Waals surface area contributed by atoms with Crippen molar-refractivity contribution in [3.63, 3.8) is 0 Å². The Balaban J connectivity index is 1.87. The highest BCUT2D eigenvalue weighted by Crippen LogP contribution is 2.23. The molecule has 0 unspecified atom stereocenters. The van der Waals surface area contributed by atoms with E-state index in [9.17, 15) is 19.8 Å². The van der Waals surface area contributed by atoms with E-state index in [1.807, 2.05) is 10.8 Å². The van der Waals surface area contributed by atoms with Gasteiger partial charge in [-0.15, -0.1) is 0 Å². The molecule has 25 heavy (non-hydrogen) atoms. The number of hydrogen-bond acceptors (Lipinski definition) is 5. The molecule has 1 aliphatic heterocycles. The van der Waals surface area contributed by atoms with Gasteiger partial charge in [-0.25, -0.2) is 4.98 Å². The summed E-state index contributed by atoms with van der Waals surface area (Å²) in [6.07, 6.45) is 3.04. The Hall–Kier alpha value is -1.93. The van der Waals surface area contributed by atoms with E-state index in [0.29, 0.717) is 19.5 Å². The lowest BCUT2D eigenvalue weighted by Crippen LogP contribution is -2.61. The average molecular weight is 352 g/mol. The summed E-state index contributed by atoms with van der Waals surface area (Å²) in [6.45, 7) is 6.40. The van der Waals surface area contributed by atoms with Gasteiger partial charge in [0.15, 0.2) is 0 Å².